The molecule has 4 rings (SSSR count). The molecule has 20 heavy (non-hydrogen) atoms. The molecule has 2 aromatic carbocycles. The van der Waals surface area contributed by atoms with E-state index >= 15 is 0 Å². The number of fused-ring (bicyclic) bond motifs is 3. The molecule has 0 N–H and O–H groups in total. The summed E-state index contributed by atoms with van der Waals surface area (Å²) in [6, 6.07) is 16.9. The van der Waals surface area contributed by atoms with Gasteiger partial charge < -0.3 is 0 Å². The molecule has 1 aromatic heterocycles. The van der Waals surface area contributed by atoms with Crippen LogP contribution in [0.15, 0.2) is 48.5 Å². The second-order valence-electron chi connectivity index (χ2n) is 5.13. The van der Waals surface area contributed by atoms with Crippen LogP contribution in [0.4, 0.5) is 0 Å². The molecule has 0 fully saturated rings. The van der Waals surface area contributed by atoms with E-state index in [1.54, 1.807) is 0 Å². The third kappa shape index (κ3) is 1.67. The van der Waals surface area contributed by atoms with Gasteiger partial charge in [0, 0.05) is 11.1 Å². The van der Waals surface area contributed by atoms with Gasteiger partial charge in [0.25, 0.3) is 0 Å². The zero-order valence-electron chi connectivity index (χ0n) is 11.4. The van der Waals surface area contributed by atoms with E-state index in [-0.39, 0.29) is 0 Å². The van der Waals surface area contributed by atoms with Crippen molar-refractivity contribution in [2.75, 3.05) is 0 Å². The molecule has 0 amide bonds. The van der Waals surface area contributed by atoms with Gasteiger partial charge in [-0.3, -0.25) is 0 Å². The SMILES string of the molecule is CCc1cccc(-c2nc3n(n2)Cc2ccccc2-3)c1. The van der Waals surface area contributed by atoms with E-state index in [4.69, 9.17) is 4.98 Å². The first-order valence-corrected chi connectivity index (χ1v) is 6.97. The van der Waals surface area contributed by atoms with Crippen LogP contribution in [-0.2, 0) is 13.0 Å². The van der Waals surface area contributed by atoms with Crippen molar-refractivity contribution in [2.45, 2.75) is 19.9 Å². The van der Waals surface area contributed by atoms with E-state index in [1.165, 1.54) is 16.7 Å². The summed E-state index contributed by atoms with van der Waals surface area (Å²) in [7, 11) is 0. The highest BCUT2D eigenvalue weighted by molar-refractivity contribution is 5.67. The maximum Gasteiger partial charge on any atom is 0.181 e. The Balaban J connectivity index is 1.81. The van der Waals surface area contributed by atoms with Gasteiger partial charge in [0.2, 0.25) is 0 Å². The van der Waals surface area contributed by atoms with E-state index in [0.717, 1.165) is 30.2 Å². The number of hydrogen-bond acceptors (Lipinski definition) is 2. The fourth-order valence-corrected chi connectivity index (χ4v) is 2.74. The van der Waals surface area contributed by atoms with Gasteiger partial charge in [0.15, 0.2) is 11.6 Å². The molecule has 3 heteroatoms. The first-order valence-electron chi connectivity index (χ1n) is 6.97. The van der Waals surface area contributed by atoms with Crippen LogP contribution >= 0.6 is 0 Å². The average Bonchev–Trinajstić information content (AvgIpc) is 3.05. The minimum absolute atomic E-state index is 0.824. The molecule has 2 heterocycles. The predicted molar refractivity (Wildman–Crippen MR) is 79.4 cm³/mol. The Labute approximate surface area is 117 Å². The fourth-order valence-electron chi connectivity index (χ4n) is 2.74. The van der Waals surface area contributed by atoms with Crippen molar-refractivity contribution in [1.82, 2.24) is 14.8 Å². The quantitative estimate of drug-likeness (QED) is 0.552. The highest BCUT2D eigenvalue weighted by atomic mass is 15.4. The third-order valence-electron chi connectivity index (χ3n) is 3.84. The van der Waals surface area contributed by atoms with Gasteiger partial charge in [0.1, 0.15) is 0 Å². The van der Waals surface area contributed by atoms with Crippen LogP contribution in [0.3, 0.4) is 0 Å². The molecule has 3 aromatic rings. The number of hydrogen-bond donors (Lipinski definition) is 0. The summed E-state index contributed by atoms with van der Waals surface area (Å²) in [4.78, 5) is 4.73. The molecule has 0 radical (unpaired) electrons. The molecule has 98 valence electrons. The Morgan fingerprint density at radius 1 is 1.10 bits per heavy atom. The van der Waals surface area contributed by atoms with E-state index in [0.29, 0.717) is 0 Å². The summed E-state index contributed by atoms with van der Waals surface area (Å²) in [5, 5.41) is 4.66. The smallest absolute Gasteiger partial charge is 0.181 e. The second kappa shape index (κ2) is 4.30. The van der Waals surface area contributed by atoms with Gasteiger partial charge in [0.05, 0.1) is 6.54 Å². The Bertz CT molecular complexity index is 786. The van der Waals surface area contributed by atoms with Gasteiger partial charge in [-0.25, -0.2) is 9.67 Å². The zero-order valence-corrected chi connectivity index (χ0v) is 11.4. The van der Waals surface area contributed by atoms with E-state index in [1.807, 2.05) is 4.68 Å². The van der Waals surface area contributed by atoms with Crippen molar-refractivity contribution in [3.63, 3.8) is 0 Å². The summed E-state index contributed by atoms with van der Waals surface area (Å²) in [5.74, 6) is 1.81. The maximum absolute atomic E-state index is 4.73. The van der Waals surface area contributed by atoms with Crippen molar-refractivity contribution in [3.05, 3.63) is 59.7 Å². The summed E-state index contributed by atoms with van der Waals surface area (Å²) in [5.41, 5.74) is 4.93. The topological polar surface area (TPSA) is 30.7 Å². The van der Waals surface area contributed by atoms with Crippen LogP contribution in [0.2, 0.25) is 0 Å². The molecule has 1 aliphatic rings. The monoisotopic (exact) mass is 261 g/mol. The molecule has 0 aliphatic carbocycles. The number of aromatic nitrogens is 3. The van der Waals surface area contributed by atoms with Crippen LogP contribution in [0.5, 0.6) is 0 Å². The first-order chi connectivity index (χ1) is 9.85. The molecule has 0 bridgehead atoms. The lowest BCUT2D eigenvalue weighted by atomic mass is 10.1. The van der Waals surface area contributed by atoms with Crippen LogP contribution < -0.4 is 0 Å². The van der Waals surface area contributed by atoms with Crippen molar-refractivity contribution in [2.24, 2.45) is 0 Å². The number of nitrogens with zero attached hydrogens (tertiary/aromatic N) is 3. The standard InChI is InChI=1S/C17H15N3/c1-2-12-6-5-8-13(10-12)16-18-17-15-9-4-3-7-14(15)11-20(17)19-16/h3-10H,2,11H2,1H3. The normalized spacial score (nSPS) is 12.2. The Morgan fingerprint density at radius 3 is 2.90 bits per heavy atom. The Kier molecular flexibility index (Phi) is 2.46. The Hall–Kier alpha value is -2.42. The molecule has 1 aliphatic heterocycles. The van der Waals surface area contributed by atoms with Gasteiger partial charge in [-0.2, -0.15) is 5.10 Å². The van der Waals surface area contributed by atoms with Crippen molar-refractivity contribution in [3.8, 4) is 22.8 Å². The number of rotatable bonds is 2. The fraction of sp³-hybridized carbons (Fsp3) is 0.176. The highest BCUT2D eigenvalue weighted by Crippen LogP contribution is 2.31. The summed E-state index contributed by atoms with van der Waals surface area (Å²) >= 11 is 0. The summed E-state index contributed by atoms with van der Waals surface area (Å²) < 4.78 is 2.00. The van der Waals surface area contributed by atoms with Crippen LogP contribution in [-0.4, -0.2) is 14.8 Å². The molecule has 0 spiro atoms. The molecule has 0 saturated heterocycles. The molecule has 0 saturated carbocycles. The van der Waals surface area contributed by atoms with Gasteiger partial charge in [-0.15, -0.1) is 0 Å². The molecule has 0 unspecified atom stereocenters. The minimum Gasteiger partial charge on any atom is -0.241 e. The first kappa shape index (κ1) is 11.4. The summed E-state index contributed by atoms with van der Waals surface area (Å²) in [6.45, 7) is 2.99. The van der Waals surface area contributed by atoms with E-state index < -0.39 is 0 Å². The molecular weight excluding hydrogens is 246 g/mol. The van der Waals surface area contributed by atoms with Gasteiger partial charge >= 0.3 is 0 Å². The molecular formula is C17H15N3. The summed E-state index contributed by atoms with van der Waals surface area (Å²) in [6.07, 6.45) is 1.03. The lowest BCUT2D eigenvalue weighted by molar-refractivity contribution is 0.722. The van der Waals surface area contributed by atoms with Crippen molar-refractivity contribution in [1.29, 1.82) is 0 Å². The average molecular weight is 261 g/mol. The lowest BCUT2D eigenvalue weighted by Gasteiger charge is -2.00. The third-order valence-corrected chi connectivity index (χ3v) is 3.84. The number of aryl methyl sites for hydroxylation is 1. The van der Waals surface area contributed by atoms with Gasteiger partial charge in [-0.1, -0.05) is 49.4 Å². The lowest BCUT2D eigenvalue weighted by Crippen LogP contribution is -1.95. The van der Waals surface area contributed by atoms with Crippen LogP contribution in [0.25, 0.3) is 22.8 Å². The molecule has 0 atom stereocenters. The highest BCUT2D eigenvalue weighted by Gasteiger charge is 2.22. The van der Waals surface area contributed by atoms with E-state index in [9.17, 15) is 0 Å². The minimum atomic E-state index is 0.824. The van der Waals surface area contributed by atoms with Crippen molar-refractivity contribution < 1.29 is 0 Å². The largest absolute Gasteiger partial charge is 0.241 e. The van der Waals surface area contributed by atoms with E-state index in [2.05, 4.69) is 60.6 Å². The van der Waals surface area contributed by atoms with Crippen LogP contribution in [0.1, 0.15) is 18.1 Å². The zero-order chi connectivity index (χ0) is 13.5. The Morgan fingerprint density at radius 2 is 2.00 bits per heavy atom. The maximum atomic E-state index is 4.73. The number of benzene rings is 2. The van der Waals surface area contributed by atoms with Crippen molar-refractivity contribution >= 4 is 0 Å². The second-order valence-corrected chi connectivity index (χ2v) is 5.13. The van der Waals surface area contributed by atoms with Crippen LogP contribution in [0, 0.1) is 0 Å². The molecule has 3 nitrogen and oxygen atoms in total. The predicted octanol–water partition coefficient (Wildman–Crippen LogP) is 3.54. The van der Waals surface area contributed by atoms with Gasteiger partial charge in [-0.05, 0) is 23.6 Å².